The molecule has 7 rings (SSSR count). The van der Waals surface area contributed by atoms with Gasteiger partial charge < -0.3 is 15.6 Å². The van der Waals surface area contributed by atoms with E-state index in [0.717, 1.165) is 16.7 Å². The SMILES string of the molecule is Cc1ccc2nc(Cn3nc(-c4ccc(O)c5c4CC(C)(C)O5)c4c(N)ncnc43)n(-n3cccc3)c(=O)c2c1. The smallest absolute Gasteiger partial charge is 0.280 e. The van der Waals surface area contributed by atoms with Crippen molar-refractivity contribution in [1.29, 1.82) is 0 Å². The quantitative estimate of drug-likeness (QED) is 0.349. The van der Waals surface area contributed by atoms with Crippen LogP contribution in [0.25, 0.3) is 33.2 Å². The molecule has 40 heavy (non-hydrogen) atoms. The Hall–Kier alpha value is -5.19. The Morgan fingerprint density at radius 1 is 1.12 bits per heavy atom. The number of fused-ring (bicyclic) bond motifs is 3. The summed E-state index contributed by atoms with van der Waals surface area (Å²) in [5.41, 5.74) is 9.95. The van der Waals surface area contributed by atoms with Crippen LogP contribution in [-0.2, 0) is 13.0 Å². The van der Waals surface area contributed by atoms with E-state index in [0.29, 0.717) is 45.6 Å². The van der Waals surface area contributed by atoms with Gasteiger partial charge in [-0.15, -0.1) is 0 Å². The molecule has 0 spiro atoms. The number of benzene rings is 2. The summed E-state index contributed by atoms with van der Waals surface area (Å²) < 4.78 is 11.0. The Balaban J connectivity index is 1.46. The van der Waals surface area contributed by atoms with Gasteiger partial charge in [-0.1, -0.05) is 11.6 Å². The predicted octanol–water partition coefficient (Wildman–Crippen LogP) is 3.67. The molecule has 11 nitrogen and oxygen atoms in total. The van der Waals surface area contributed by atoms with Crippen LogP contribution in [0.2, 0.25) is 0 Å². The average molecular weight is 535 g/mol. The highest BCUT2D eigenvalue weighted by Crippen LogP contribution is 2.47. The van der Waals surface area contributed by atoms with Crippen molar-refractivity contribution in [3.63, 3.8) is 0 Å². The second-order valence-electron chi connectivity index (χ2n) is 10.7. The fourth-order valence-corrected chi connectivity index (χ4v) is 5.46. The summed E-state index contributed by atoms with van der Waals surface area (Å²) >= 11 is 0. The van der Waals surface area contributed by atoms with Crippen LogP contribution in [0.5, 0.6) is 11.5 Å². The molecule has 1 aliphatic heterocycles. The molecule has 200 valence electrons. The Labute approximate surface area is 228 Å². The van der Waals surface area contributed by atoms with Gasteiger partial charge in [-0.05, 0) is 57.2 Å². The molecule has 3 N–H and O–H groups in total. The molecule has 2 aromatic carbocycles. The lowest BCUT2D eigenvalue weighted by atomic mass is 9.95. The maximum atomic E-state index is 13.7. The lowest BCUT2D eigenvalue weighted by Crippen LogP contribution is -2.31. The first-order valence-corrected chi connectivity index (χ1v) is 12.9. The van der Waals surface area contributed by atoms with Crippen LogP contribution in [0.4, 0.5) is 5.82 Å². The number of nitrogen functional groups attached to an aromatic ring is 1. The summed E-state index contributed by atoms with van der Waals surface area (Å²) in [4.78, 5) is 27.4. The summed E-state index contributed by atoms with van der Waals surface area (Å²) in [6.45, 7) is 6.02. The number of hydrogen-bond acceptors (Lipinski definition) is 8. The lowest BCUT2D eigenvalue weighted by molar-refractivity contribution is 0.134. The van der Waals surface area contributed by atoms with Crippen LogP contribution in [0.15, 0.2) is 66.0 Å². The van der Waals surface area contributed by atoms with Crippen molar-refractivity contribution in [2.45, 2.75) is 39.3 Å². The van der Waals surface area contributed by atoms with E-state index in [1.165, 1.54) is 11.0 Å². The van der Waals surface area contributed by atoms with Gasteiger partial charge in [-0.25, -0.2) is 19.6 Å². The molecule has 0 atom stereocenters. The van der Waals surface area contributed by atoms with Crippen molar-refractivity contribution < 1.29 is 9.84 Å². The van der Waals surface area contributed by atoms with Gasteiger partial charge in [0.05, 0.1) is 16.3 Å². The normalized spacial score (nSPS) is 14.1. The first kappa shape index (κ1) is 23.9. The molecular formula is C29H26N8O3. The molecule has 6 aromatic rings. The van der Waals surface area contributed by atoms with Crippen LogP contribution >= 0.6 is 0 Å². The Bertz CT molecular complexity index is 2020. The van der Waals surface area contributed by atoms with Crippen LogP contribution in [0.3, 0.4) is 0 Å². The number of phenols is 1. The number of nitrogens with zero attached hydrogens (tertiary/aromatic N) is 7. The van der Waals surface area contributed by atoms with E-state index in [1.54, 1.807) is 27.8 Å². The van der Waals surface area contributed by atoms with Crippen molar-refractivity contribution in [2.24, 2.45) is 0 Å². The lowest BCUT2D eigenvalue weighted by Gasteiger charge is -2.16. The van der Waals surface area contributed by atoms with Crippen LogP contribution < -0.4 is 16.0 Å². The summed E-state index contributed by atoms with van der Waals surface area (Å²) in [6.07, 6.45) is 5.56. The molecule has 0 saturated carbocycles. The predicted molar refractivity (Wildman–Crippen MR) is 150 cm³/mol. The molecule has 0 bridgehead atoms. The first-order valence-electron chi connectivity index (χ1n) is 12.9. The van der Waals surface area contributed by atoms with Gasteiger partial charge in [-0.3, -0.25) is 9.47 Å². The number of aromatic hydroxyl groups is 1. The zero-order valence-electron chi connectivity index (χ0n) is 22.2. The molecule has 4 aromatic heterocycles. The second-order valence-corrected chi connectivity index (χ2v) is 10.7. The maximum absolute atomic E-state index is 13.7. The molecular weight excluding hydrogens is 508 g/mol. The van der Waals surface area contributed by atoms with E-state index in [9.17, 15) is 9.90 Å². The molecule has 0 aliphatic carbocycles. The first-order chi connectivity index (χ1) is 19.2. The van der Waals surface area contributed by atoms with E-state index >= 15 is 0 Å². The third-order valence-corrected chi connectivity index (χ3v) is 7.21. The van der Waals surface area contributed by atoms with Crippen molar-refractivity contribution in [3.8, 4) is 22.8 Å². The van der Waals surface area contributed by atoms with Gasteiger partial charge in [0.25, 0.3) is 5.56 Å². The Kier molecular flexibility index (Phi) is 5.02. The number of phenolic OH excluding ortho intramolecular Hbond substituents is 1. The molecule has 0 unspecified atom stereocenters. The third-order valence-electron chi connectivity index (χ3n) is 7.21. The van der Waals surface area contributed by atoms with Gasteiger partial charge in [0.1, 0.15) is 30.0 Å². The minimum absolute atomic E-state index is 0.0728. The van der Waals surface area contributed by atoms with Gasteiger partial charge in [-0.2, -0.15) is 9.77 Å². The van der Waals surface area contributed by atoms with Crippen molar-refractivity contribution >= 4 is 27.8 Å². The topological polar surface area (TPSA) is 139 Å². The second kappa shape index (κ2) is 8.40. The molecule has 5 heterocycles. The van der Waals surface area contributed by atoms with Gasteiger partial charge in [0, 0.05) is 29.9 Å². The number of nitrogens with two attached hydrogens (primary N) is 1. The highest BCUT2D eigenvalue weighted by molar-refractivity contribution is 5.99. The number of aromatic nitrogens is 7. The number of hydrogen-bond donors (Lipinski definition) is 2. The molecule has 0 saturated heterocycles. The van der Waals surface area contributed by atoms with Crippen LogP contribution in [-0.4, -0.2) is 44.8 Å². The largest absolute Gasteiger partial charge is 0.504 e. The van der Waals surface area contributed by atoms with Crippen molar-refractivity contribution in [1.82, 2.24) is 34.1 Å². The summed E-state index contributed by atoms with van der Waals surface area (Å²) in [7, 11) is 0. The molecule has 0 fully saturated rings. The summed E-state index contributed by atoms with van der Waals surface area (Å²) in [5, 5.41) is 16.6. The van der Waals surface area contributed by atoms with Gasteiger partial charge in [0.2, 0.25) is 0 Å². The van der Waals surface area contributed by atoms with E-state index in [2.05, 4.69) is 9.97 Å². The summed E-state index contributed by atoms with van der Waals surface area (Å²) in [5.74, 6) is 1.25. The third kappa shape index (κ3) is 3.62. The minimum Gasteiger partial charge on any atom is -0.504 e. The molecule has 1 aliphatic rings. The Morgan fingerprint density at radius 3 is 2.73 bits per heavy atom. The molecule has 11 heteroatoms. The fraction of sp³-hybridized carbons (Fsp3) is 0.207. The molecule has 0 amide bonds. The number of aryl methyl sites for hydroxylation is 1. The average Bonchev–Trinajstić information content (AvgIpc) is 3.64. The standard InChI is InChI=1S/C29H26N8O3/c1-16-6-8-20-18(12-16)28(39)37(35-10-4-5-11-35)22(33-20)14-36-27-23(26(30)31-15-32-27)24(34-36)17-7-9-21(38)25-19(17)13-29(2,3)40-25/h4-12,15,38H,13-14H2,1-3H3,(H2,30,31,32). The van der Waals surface area contributed by atoms with Gasteiger partial charge >= 0.3 is 0 Å². The van der Waals surface area contributed by atoms with Crippen LogP contribution in [0, 0.1) is 6.92 Å². The maximum Gasteiger partial charge on any atom is 0.280 e. The zero-order valence-corrected chi connectivity index (χ0v) is 22.2. The number of ether oxygens (including phenoxy) is 1. The summed E-state index contributed by atoms with van der Waals surface area (Å²) in [6, 6.07) is 12.7. The van der Waals surface area contributed by atoms with E-state index < -0.39 is 5.60 Å². The van der Waals surface area contributed by atoms with E-state index in [1.807, 2.05) is 57.2 Å². The van der Waals surface area contributed by atoms with Gasteiger partial charge in [0.15, 0.2) is 23.0 Å². The monoisotopic (exact) mass is 534 g/mol. The molecule has 0 radical (unpaired) electrons. The minimum atomic E-state index is -0.490. The number of anilines is 1. The Morgan fingerprint density at radius 2 is 1.93 bits per heavy atom. The van der Waals surface area contributed by atoms with Crippen LogP contribution in [0.1, 0.15) is 30.8 Å². The van der Waals surface area contributed by atoms with Crippen molar-refractivity contribution in [3.05, 3.63) is 88.5 Å². The highest BCUT2D eigenvalue weighted by Gasteiger charge is 2.35. The zero-order chi connectivity index (χ0) is 27.8. The van der Waals surface area contributed by atoms with Crippen molar-refractivity contribution in [2.75, 3.05) is 5.73 Å². The van der Waals surface area contributed by atoms with E-state index in [-0.39, 0.29) is 23.7 Å². The van der Waals surface area contributed by atoms with E-state index in [4.69, 9.17) is 20.6 Å². The number of rotatable bonds is 4. The highest BCUT2D eigenvalue weighted by atomic mass is 16.5. The fourth-order valence-electron chi connectivity index (χ4n) is 5.46.